The predicted octanol–water partition coefficient (Wildman–Crippen LogP) is 13.7. The molecule has 0 fully saturated rings. The molecule has 3 aliphatic rings. The molecule has 1 atom stereocenters. The molecule has 0 N–H and O–H groups in total. The summed E-state index contributed by atoms with van der Waals surface area (Å²) in [5, 5.41) is 0. The van der Waals surface area contributed by atoms with Gasteiger partial charge in [-0.2, -0.15) is 0 Å². The highest BCUT2D eigenvalue weighted by atomic mass is 14.4. The van der Waals surface area contributed by atoms with E-state index in [2.05, 4.69) is 134 Å². The molecule has 3 aliphatic carbocycles. The van der Waals surface area contributed by atoms with Crippen LogP contribution in [0.4, 0.5) is 0 Å². The lowest BCUT2D eigenvalue weighted by molar-refractivity contribution is 0.536. The normalized spacial score (nSPS) is 18.3. The van der Waals surface area contributed by atoms with E-state index in [1.807, 2.05) is 0 Å². The first-order chi connectivity index (χ1) is 22.6. The third-order valence-corrected chi connectivity index (χ3v) is 11.7. The second-order valence-corrected chi connectivity index (χ2v) is 15.3. The SMILES string of the molecule is CCCC1=C(c2ccc3c(c2C)-c2ccc(-c4ccc(-c5c(C)ccc(C6=CCCC(C)C6)c5C)c(C)c4)cc2C3(C)C)CCC=C1. The molecular weight excluding hydrogens is 565 g/mol. The van der Waals surface area contributed by atoms with Crippen LogP contribution in [0.3, 0.4) is 0 Å². The summed E-state index contributed by atoms with van der Waals surface area (Å²) >= 11 is 0. The zero-order valence-electron chi connectivity index (χ0n) is 30.0. The van der Waals surface area contributed by atoms with Crippen molar-refractivity contribution in [1.29, 1.82) is 0 Å². The number of allylic oxidation sites excluding steroid dienone is 6. The molecule has 1 unspecified atom stereocenters. The fourth-order valence-corrected chi connectivity index (χ4v) is 9.09. The van der Waals surface area contributed by atoms with E-state index in [9.17, 15) is 0 Å². The third kappa shape index (κ3) is 5.39. The summed E-state index contributed by atoms with van der Waals surface area (Å²) < 4.78 is 0. The molecule has 0 saturated heterocycles. The maximum Gasteiger partial charge on any atom is 0.0159 e. The fourth-order valence-electron chi connectivity index (χ4n) is 9.09. The van der Waals surface area contributed by atoms with Crippen LogP contribution in [0.15, 0.2) is 84.5 Å². The fraction of sp³-hybridized carbons (Fsp3) is 0.362. The Hall–Kier alpha value is -3.90. The molecule has 7 rings (SSSR count). The molecule has 0 aromatic heterocycles. The Morgan fingerprint density at radius 3 is 2.15 bits per heavy atom. The van der Waals surface area contributed by atoms with Gasteiger partial charge in [0, 0.05) is 5.41 Å². The zero-order chi connectivity index (χ0) is 33.0. The largest absolute Gasteiger partial charge is 0.0839 e. The van der Waals surface area contributed by atoms with Gasteiger partial charge in [0.05, 0.1) is 0 Å². The van der Waals surface area contributed by atoms with Gasteiger partial charge in [-0.25, -0.2) is 0 Å². The van der Waals surface area contributed by atoms with Crippen LogP contribution in [-0.2, 0) is 5.41 Å². The summed E-state index contributed by atoms with van der Waals surface area (Å²) in [6.07, 6.45) is 15.6. The number of aryl methyl sites for hydroxylation is 2. The summed E-state index contributed by atoms with van der Waals surface area (Å²) in [7, 11) is 0. The minimum absolute atomic E-state index is 0.0357. The van der Waals surface area contributed by atoms with Crippen molar-refractivity contribution in [2.75, 3.05) is 0 Å². The molecule has 0 aliphatic heterocycles. The van der Waals surface area contributed by atoms with Crippen LogP contribution in [0.2, 0.25) is 0 Å². The first kappa shape index (κ1) is 31.7. The maximum atomic E-state index is 2.49. The summed E-state index contributed by atoms with van der Waals surface area (Å²) in [4.78, 5) is 0. The molecule has 4 aromatic rings. The Morgan fingerprint density at radius 1 is 0.702 bits per heavy atom. The highest BCUT2D eigenvalue weighted by Gasteiger charge is 2.37. The van der Waals surface area contributed by atoms with Crippen LogP contribution in [-0.4, -0.2) is 0 Å². The van der Waals surface area contributed by atoms with Gasteiger partial charge < -0.3 is 0 Å². The first-order valence-electron chi connectivity index (χ1n) is 18.2. The van der Waals surface area contributed by atoms with Gasteiger partial charge in [-0.1, -0.05) is 107 Å². The van der Waals surface area contributed by atoms with Crippen LogP contribution in [0.5, 0.6) is 0 Å². The van der Waals surface area contributed by atoms with Crippen molar-refractivity contribution in [1.82, 2.24) is 0 Å². The zero-order valence-corrected chi connectivity index (χ0v) is 30.0. The topological polar surface area (TPSA) is 0 Å². The Bertz CT molecular complexity index is 1990. The van der Waals surface area contributed by atoms with Crippen molar-refractivity contribution in [3.05, 3.63) is 129 Å². The van der Waals surface area contributed by atoms with Crippen LogP contribution >= 0.6 is 0 Å². The lowest BCUT2D eigenvalue weighted by Gasteiger charge is -2.24. The molecule has 0 heterocycles. The van der Waals surface area contributed by atoms with E-state index in [4.69, 9.17) is 0 Å². The minimum atomic E-state index is -0.0357. The number of benzene rings is 4. The molecule has 0 spiro atoms. The average Bonchev–Trinajstić information content (AvgIpc) is 3.28. The standard InChI is InChI=1S/C47H52/c1-9-13-34-15-10-11-17-41(34)40-24-25-43-46(33(40)6)42-23-20-36(28-44(42)47(43,7)8)35-19-22-38(31(4)27-35)45-30(3)18-21-39(32(45)5)37-16-12-14-29(2)26-37/h10,15-16,18-25,27-29H,9,11-14,17,26H2,1-8H3. The number of hydrogen-bond donors (Lipinski definition) is 0. The van der Waals surface area contributed by atoms with Crippen LogP contribution in [0.25, 0.3) is 44.5 Å². The van der Waals surface area contributed by atoms with Gasteiger partial charge >= 0.3 is 0 Å². The summed E-state index contributed by atoms with van der Waals surface area (Å²) in [6, 6.07) is 24.0. The molecule has 47 heavy (non-hydrogen) atoms. The molecule has 0 radical (unpaired) electrons. The van der Waals surface area contributed by atoms with E-state index >= 15 is 0 Å². The van der Waals surface area contributed by atoms with Crippen molar-refractivity contribution in [3.8, 4) is 33.4 Å². The summed E-state index contributed by atoms with van der Waals surface area (Å²) in [5.74, 6) is 0.765. The number of rotatable bonds is 6. The minimum Gasteiger partial charge on any atom is -0.0839 e. The number of hydrogen-bond acceptors (Lipinski definition) is 0. The van der Waals surface area contributed by atoms with E-state index in [1.54, 1.807) is 5.57 Å². The van der Waals surface area contributed by atoms with E-state index in [-0.39, 0.29) is 5.41 Å². The van der Waals surface area contributed by atoms with Gasteiger partial charge in [0.25, 0.3) is 0 Å². The Labute approximate surface area is 284 Å². The highest BCUT2D eigenvalue weighted by molar-refractivity contribution is 5.90. The van der Waals surface area contributed by atoms with Crippen molar-refractivity contribution in [3.63, 3.8) is 0 Å². The Balaban J connectivity index is 1.27. The average molecular weight is 617 g/mol. The molecule has 4 aromatic carbocycles. The van der Waals surface area contributed by atoms with E-state index < -0.39 is 0 Å². The van der Waals surface area contributed by atoms with Gasteiger partial charge in [0.1, 0.15) is 0 Å². The molecular formula is C47H52. The van der Waals surface area contributed by atoms with Crippen LogP contribution in [0, 0.1) is 33.6 Å². The van der Waals surface area contributed by atoms with Crippen LogP contribution in [0.1, 0.15) is 117 Å². The maximum absolute atomic E-state index is 2.49. The smallest absolute Gasteiger partial charge is 0.0159 e. The Morgan fingerprint density at radius 2 is 1.40 bits per heavy atom. The monoisotopic (exact) mass is 616 g/mol. The van der Waals surface area contributed by atoms with Gasteiger partial charge in [0.2, 0.25) is 0 Å². The second-order valence-electron chi connectivity index (χ2n) is 15.3. The molecule has 0 nitrogen and oxygen atoms in total. The predicted molar refractivity (Wildman–Crippen MR) is 205 cm³/mol. The van der Waals surface area contributed by atoms with Crippen molar-refractivity contribution >= 4 is 11.1 Å². The number of fused-ring (bicyclic) bond motifs is 3. The molecule has 0 heteroatoms. The lowest BCUT2D eigenvalue weighted by Crippen LogP contribution is -2.15. The highest BCUT2D eigenvalue weighted by Crippen LogP contribution is 2.52. The third-order valence-electron chi connectivity index (χ3n) is 11.7. The van der Waals surface area contributed by atoms with Crippen LogP contribution < -0.4 is 0 Å². The van der Waals surface area contributed by atoms with Gasteiger partial charge in [-0.05, 0) is 173 Å². The summed E-state index contributed by atoms with van der Waals surface area (Å²) in [6.45, 7) is 18.8. The van der Waals surface area contributed by atoms with Crippen molar-refractivity contribution in [2.45, 2.75) is 106 Å². The summed E-state index contributed by atoms with van der Waals surface area (Å²) in [5.41, 5.74) is 24.3. The van der Waals surface area contributed by atoms with Gasteiger partial charge in [-0.3, -0.25) is 0 Å². The molecule has 0 saturated carbocycles. The molecule has 240 valence electrons. The van der Waals surface area contributed by atoms with Crippen molar-refractivity contribution in [2.24, 2.45) is 5.92 Å². The van der Waals surface area contributed by atoms with Gasteiger partial charge in [0.15, 0.2) is 0 Å². The lowest BCUT2D eigenvalue weighted by atomic mass is 9.80. The first-order valence-corrected chi connectivity index (χ1v) is 18.2. The molecule has 0 amide bonds. The van der Waals surface area contributed by atoms with Gasteiger partial charge in [-0.15, -0.1) is 0 Å². The Kier molecular flexibility index (Phi) is 8.28. The van der Waals surface area contributed by atoms with E-state index in [1.165, 1.54) is 115 Å². The van der Waals surface area contributed by atoms with Crippen molar-refractivity contribution < 1.29 is 0 Å². The van der Waals surface area contributed by atoms with E-state index in [0.717, 1.165) is 25.2 Å². The quantitative estimate of drug-likeness (QED) is 0.202. The molecule has 0 bridgehead atoms. The second kappa shape index (κ2) is 12.3. The van der Waals surface area contributed by atoms with E-state index in [0.29, 0.717) is 0 Å².